The Balaban J connectivity index is 1.93. The molecule has 1 aromatic carbocycles. The molecule has 114 valence electrons. The van der Waals surface area contributed by atoms with Crippen LogP contribution >= 0.6 is 11.9 Å². The summed E-state index contributed by atoms with van der Waals surface area (Å²) in [4.78, 5) is 4.28. The van der Waals surface area contributed by atoms with Crippen molar-refractivity contribution in [1.29, 1.82) is 5.26 Å². The van der Waals surface area contributed by atoms with Crippen LogP contribution in [0.1, 0.15) is 5.56 Å². The molecule has 0 aliphatic rings. The molecule has 0 atom stereocenters. The molecule has 2 N–H and O–H groups in total. The van der Waals surface area contributed by atoms with Gasteiger partial charge >= 0.3 is 0 Å². The lowest BCUT2D eigenvalue weighted by molar-refractivity contribution is 0.433. The summed E-state index contributed by atoms with van der Waals surface area (Å²) in [5.74, 6) is 0.529. The number of hydrogen-bond acceptors (Lipinski definition) is 6. The molecule has 23 heavy (non-hydrogen) atoms. The van der Waals surface area contributed by atoms with E-state index in [0.717, 1.165) is 11.3 Å². The summed E-state index contributed by atoms with van der Waals surface area (Å²) in [7, 11) is 0. The fraction of sp³-hybridized carbons (Fsp3) is 0.0625. The minimum Gasteiger partial charge on any atom is -0.493 e. The Labute approximate surface area is 137 Å². The van der Waals surface area contributed by atoms with Crippen LogP contribution in [0.5, 0.6) is 5.88 Å². The van der Waals surface area contributed by atoms with Gasteiger partial charge in [-0.15, -0.1) is 0 Å². The molecule has 0 bridgehead atoms. The maximum absolute atomic E-state index is 10.4. The predicted molar refractivity (Wildman–Crippen MR) is 90.3 cm³/mol. The molecule has 3 aromatic rings. The molecule has 3 rings (SSSR count). The predicted octanol–water partition coefficient (Wildman–Crippen LogP) is 3.20. The second kappa shape index (κ2) is 6.42. The van der Waals surface area contributed by atoms with Crippen LogP contribution in [-0.4, -0.2) is 26.1 Å². The Morgan fingerprint density at radius 1 is 1.17 bits per heavy atom. The molecule has 0 fully saturated rings. The number of anilines is 1. The highest BCUT2D eigenvalue weighted by Gasteiger charge is 2.13. The normalized spacial score (nSPS) is 10.3. The Bertz CT molecular complexity index is 850. The van der Waals surface area contributed by atoms with Crippen molar-refractivity contribution in [3.8, 4) is 28.9 Å². The number of nitrogens with one attached hydrogen (secondary N) is 1. The third kappa shape index (κ3) is 2.98. The first kappa shape index (κ1) is 14.9. The van der Waals surface area contributed by atoms with Crippen LogP contribution in [0, 0.1) is 11.3 Å². The van der Waals surface area contributed by atoms with E-state index in [1.165, 1.54) is 16.6 Å². The second-order valence-electron chi connectivity index (χ2n) is 4.69. The van der Waals surface area contributed by atoms with Gasteiger partial charge in [-0.1, -0.05) is 24.1 Å². The summed E-state index contributed by atoms with van der Waals surface area (Å²) in [5.41, 5.74) is 2.82. The number of rotatable bonds is 4. The number of nitriles is 1. The fourth-order valence-electron chi connectivity index (χ4n) is 2.13. The van der Waals surface area contributed by atoms with E-state index in [-0.39, 0.29) is 5.88 Å². The Hall–Kier alpha value is -2.98. The molecule has 0 saturated heterocycles. The zero-order chi connectivity index (χ0) is 16.2. The van der Waals surface area contributed by atoms with Gasteiger partial charge in [-0.2, -0.15) is 15.0 Å². The number of aromatic hydroxyl groups is 1. The summed E-state index contributed by atoms with van der Waals surface area (Å²) in [5, 5.41) is 23.4. The molecule has 0 amide bonds. The van der Waals surface area contributed by atoms with Gasteiger partial charge < -0.3 is 9.83 Å². The van der Waals surface area contributed by atoms with Crippen LogP contribution in [0.2, 0.25) is 0 Å². The van der Waals surface area contributed by atoms with Gasteiger partial charge in [0.1, 0.15) is 0 Å². The van der Waals surface area contributed by atoms with Gasteiger partial charge in [0.25, 0.3) is 0 Å². The summed E-state index contributed by atoms with van der Waals surface area (Å²) < 4.78 is 4.45. The van der Waals surface area contributed by atoms with Crippen molar-refractivity contribution in [2.24, 2.45) is 0 Å². The SMILES string of the molecule is CSNc1ccc(-n2ncc(-c3ccc(C#N)cc3)c2O)nc1. The van der Waals surface area contributed by atoms with Crippen molar-refractivity contribution < 1.29 is 5.11 Å². The molecule has 0 unspecified atom stereocenters. The van der Waals surface area contributed by atoms with Crippen LogP contribution in [-0.2, 0) is 0 Å². The molecule has 7 heteroatoms. The van der Waals surface area contributed by atoms with E-state index >= 15 is 0 Å². The number of nitrogens with zero attached hydrogens (tertiary/aromatic N) is 4. The standard InChI is InChI=1S/C16H13N5OS/c1-23-20-13-6-7-15(18-9-13)21-16(22)14(10-19-21)12-4-2-11(8-17)3-5-12/h2-7,9-10,20,22H,1H3. The highest BCUT2D eigenvalue weighted by molar-refractivity contribution is 7.99. The molecular formula is C16H13N5OS. The zero-order valence-corrected chi connectivity index (χ0v) is 13.1. The first-order valence-corrected chi connectivity index (χ1v) is 7.98. The largest absolute Gasteiger partial charge is 0.493 e. The quantitative estimate of drug-likeness (QED) is 0.717. The van der Waals surface area contributed by atoms with E-state index in [1.54, 1.807) is 42.7 Å². The van der Waals surface area contributed by atoms with Crippen molar-refractivity contribution in [3.05, 3.63) is 54.4 Å². The topological polar surface area (TPSA) is 86.8 Å². The molecule has 0 radical (unpaired) electrons. The van der Waals surface area contributed by atoms with Gasteiger partial charge in [-0.3, -0.25) is 0 Å². The summed E-state index contributed by atoms with van der Waals surface area (Å²) in [6.45, 7) is 0. The lowest BCUT2D eigenvalue weighted by atomic mass is 10.1. The molecule has 0 aliphatic heterocycles. The minimum atomic E-state index is 0.00721. The summed E-state index contributed by atoms with van der Waals surface area (Å²) in [6.07, 6.45) is 5.18. The van der Waals surface area contributed by atoms with Gasteiger partial charge in [0.2, 0.25) is 5.88 Å². The number of hydrogen-bond donors (Lipinski definition) is 2. The molecular weight excluding hydrogens is 310 g/mol. The van der Waals surface area contributed by atoms with Gasteiger partial charge in [-0.25, -0.2) is 4.98 Å². The smallest absolute Gasteiger partial charge is 0.223 e. The van der Waals surface area contributed by atoms with Crippen molar-refractivity contribution in [1.82, 2.24) is 14.8 Å². The van der Waals surface area contributed by atoms with E-state index in [2.05, 4.69) is 20.9 Å². The van der Waals surface area contributed by atoms with Gasteiger partial charge in [0.15, 0.2) is 5.82 Å². The average molecular weight is 323 g/mol. The maximum atomic E-state index is 10.4. The van der Waals surface area contributed by atoms with Crippen LogP contribution in [0.25, 0.3) is 16.9 Å². The third-order valence-corrected chi connectivity index (χ3v) is 3.69. The van der Waals surface area contributed by atoms with Crippen LogP contribution < -0.4 is 4.72 Å². The van der Waals surface area contributed by atoms with E-state index in [9.17, 15) is 5.11 Å². The number of benzene rings is 1. The Kier molecular flexibility index (Phi) is 4.17. The first-order valence-electron chi connectivity index (χ1n) is 6.76. The fourth-order valence-corrected chi connectivity index (χ4v) is 2.48. The van der Waals surface area contributed by atoms with Crippen LogP contribution in [0.4, 0.5) is 5.69 Å². The van der Waals surface area contributed by atoms with Crippen LogP contribution in [0.3, 0.4) is 0 Å². The van der Waals surface area contributed by atoms with Gasteiger partial charge in [-0.05, 0) is 29.8 Å². The molecule has 0 aliphatic carbocycles. The van der Waals surface area contributed by atoms with E-state index in [4.69, 9.17) is 5.26 Å². The zero-order valence-electron chi connectivity index (χ0n) is 12.3. The second-order valence-corrected chi connectivity index (χ2v) is 5.31. The lowest BCUT2D eigenvalue weighted by Crippen LogP contribution is -1.99. The molecule has 0 spiro atoms. The van der Waals surface area contributed by atoms with Crippen molar-refractivity contribution >= 4 is 17.6 Å². The summed E-state index contributed by atoms with van der Waals surface area (Å²) >= 11 is 1.48. The van der Waals surface area contributed by atoms with E-state index < -0.39 is 0 Å². The van der Waals surface area contributed by atoms with Gasteiger partial charge in [0.05, 0.1) is 35.3 Å². The van der Waals surface area contributed by atoms with Crippen molar-refractivity contribution in [3.63, 3.8) is 0 Å². The molecule has 6 nitrogen and oxygen atoms in total. The third-order valence-electron chi connectivity index (χ3n) is 3.25. The van der Waals surface area contributed by atoms with E-state index in [0.29, 0.717) is 16.9 Å². The maximum Gasteiger partial charge on any atom is 0.223 e. The number of aromatic nitrogens is 3. The Morgan fingerprint density at radius 2 is 1.96 bits per heavy atom. The van der Waals surface area contributed by atoms with E-state index in [1.807, 2.05) is 12.3 Å². The molecule has 0 saturated carbocycles. The lowest BCUT2D eigenvalue weighted by Gasteiger charge is -2.05. The first-order chi connectivity index (χ1) is 11.2. The summed E-state index contributed by atoms with van der Waals surface area (Å²) in [6, 6.07) is 12.7. The monoisotopic (exact) mass is 323 g/mol. The minimum absolute atomic E-state index is 0.00721. The highest BCUT2D eigenvalue weighted by Crippen LogP contribution is 2.30. The highest BCUT2D eigenvalue weighted by atomic mass is 32.2. The Morgan fingerprint density at radius 3 is 2.57 bits per heavy atom. The molecule has 2 heterocycles. The van der Waals surface area contributed by atoms with Gasteiger partial charge in [0, 0.05) is 6.26 Å². The van der Waals surface area contributed by atoms with Crippen molar-refractivity contribution in [2.45, 2.75) is 0 Å². The average Bonchev–Trinajstić information content (AvgIpc) is 2.97. The van der Waals surface area contributed by atoms with Crippen LogP contribution in [0.15, 0.2) is 48.8 Å². The molecule has 2 aromatic heterocycles. The number of pyridine rings is 1. The van der Waals surface area contributed by atoms with Crippen molar-refractivity contribution in [2.75, 3.05) is 11.0 Å².